The lowest BCUT2D eigenvalue weighted by Crippen LogP contribution is -2.59. The number of likely N-dealkylation sites (N-methyl/N-ethyl adjacent to an activating group) is 1. The van der Waals surface area contributed by atoms with Gasteiger partial charge in [0.1, 0.15) is 29.7 Å². The summed E-state index contributed by atoms with van der Waals surface area (Å²) in [6.45, 7) is 16.5. The summed E-state index contributed by atoms with van der Waals surface area (Å²) < 4.78 is 37.3. The van der Waals surface area contributed by atoms with Crippen LogP contribution in [0, 0.1) is 17.8 Å². The Morgan fingerprint density at radius 3 is 2.23 bits per heavy atom. The van der Waals surface area contributed by atoms with Gasteiger partial charge in [0.15, 0.2) is 12.6 Å². The minimum absolute atomic E-state index is 0.00293. The average molecular weight is 934 g/mol. The van der Waals surface area contributed by atoms with Crippen LogP contribution in [0.1, 0.15) is 107 Å². The molecule has 2 aromatic rings. The number of hydrogen-bond acceptors (Lipinski definition) is 16. The first-order valence-corrected chi connectivity index (χ1v) is 23.5. The number of carbonyl (C=O) groups excluding carboxylic acids is 3. The quantitative estimate of drug-likeness (QED) is 0.177. The highest BCUT2D eigenvalue weighted by atomic mass is 16.7. The van der Waals surface area contributed by atoms with Gasteiger partial charge in [-0.25, -0.2) is 0 Å². The number of aliphatic hydroxyl groups excluding tert-OH is 3. The molecule has 1 amide bonds. The van der Waals surface area contributed by atoms with Crippen LogP contribution in [-0.4, -0.2) is 165 Å². The molecule has 3 aliphatic heterocycles. The monoisotopic (exact) mass is 934 g/mol. The molecule has 17 nitrogen and oxygen atoms in total. The maximum Gasteiger partial charge on any atom is 0.311 e. The van der Waals surface area contributed by atoms with Gasteiger partial charge in [0.05, 0.1) is 54.1 Å². The van der Waals surface area contributed by atoms with Gasteiger partial charge in [-0.3, -0.25) is 19.4 Å². The van der Waals surface area contributed by atoms with Crippen molar-refractivity contribution >= 4 is 28.4 Å². The largest absolute Gasteiger partial charge is 0.459 e. The van der Waals surface area contributed by atoms with E-state index in [0.29, 0.717) is 12.0 Å². The number of fused-ring (bicyclic) bond motifs is 1. The Kier molecular flexibility index (Phi) is 19.6. The van der Waals surface area contributed by atoms with Crippen LogP contribution in [0.25, 0.3) is 10.8 Å². The van der Waals surface area contributed by atoms with Crippen molar-refractivity contribution in [3.63, 3.8) is 0 Å². The fraction of sp³-hybridized carbons (Fsp3) is 0.755. The number of benzene rings is 1. The summed E-state index contributed by atoms with van der Waals surface area (Å²) >= 11 is 0. The number of cyclic esters (lactones) is 1. The molecule has 17 heteroatoms. The molecule has 0 aliphatic carbocycles. The Morgan fingerprint density at radius 2 is 1.58 bits per heavy atom. The Morgan fingerprint density at radius 1 is 0.909 bits per heavy atom. The van der Waals surface area contributed by atoms with E-state index in [0.717, 1.165) is 10.8 Å². The normalized spacial score (nSPS) is 39.6. The van der Waals surface area contributed by atoms with Crippen molar-refractivity contribution in [3.05, 3.63) is 42.2 Å². The topological polar surface area (TPSA) is 236 Å². The first-order valence-electron chi connectivity index (χ1n) is 23.5. The van der Waals surface area contributed by atoms with Gasteiger partial charge >= 0.3 is 5.97 Å². The molecule has 0 spiro atoms. The molecular weight excluding hydrogens is 855 g/mol. The maximum atomic E-state index is 14.5. The highest BCUT2D eigenvalue weighted by molar-refractivity contribution is 5.89. The predicted octanol–water partition coefficient (Wildman–Crippen LogP) is 3.45. The zero-order chi connectivity index (χ0) is 49.5. The summed E-state index contributed by atoms with van der Waals surface area (Å²) in [4.78, 5) is 48.1. The smallest absolute Gasteiger partial charge is 0.311 e. The van der Waals surface area contributed by atoms with Gasteiger partial charge in [-0.1, -0.05) is 52.0 Å². The second-order valence-corrected chi connectivity index (χ2v) is 19.4. The predicted molar refractivity (Wildman–Crippen MR) is 246 cm³/mol. The summed E-state index contributed by atoms with van der Waals surface area (Å²) in [6, 6.07) is 7.20. The SMILES string of the molecule is CC.COC1(C)CC(O[C@H]2C[C@@H](OC3OC(C)CC(N(C)C)C3O)[C@](C)(O)C[C@@H](C)C(=O)[C@H](C)[C@@H](O)[C@](C)(O)[C@@H](CCNC(=O)Cc3cncc4ccccc34)OC(=O)[C@@H]2C)OC(C)C1O. The van der Waals surface area contributed by atoms with E-state index in [1.54, 1.807) is 40.1 Å². The van der Waals surface area contributed by atoms with Crippen LogP contribution in [0.5, 0.6) is 0 Å². The van der Waals surface area contributed by atoms with Crippen molar-refractivity contribution in [1.82, 2.24) is 15.2 Å². The Bertz CT molecular complexity index is 1890. The molecule has 374 valence electrons. The molecule has 17 atom stereocenters. The molecule has 0 saturated carbocycles. The van der Waals surface area contributed by atoms with E-state index in [1.165, 1.54) is 27.9 Å². The number of aliphatic hydroxyl groups is 5. The molecule has 8 unspecified atom stereocenters. The number of nitrogens with one attached hydrogen (secondary N) is 1. The van der Waals surface area contributed by atoms with Crippen molar-refractivity contribution < 1.29 is 68.3 Å². The van der Waals surface area contributed by atoms with Crippen LogP contribution in [0.4, 0.5) is 0 Å². The van der Waals surface area contributed by atoms with Crippen LogP contribution >= 0.6 is 0 Å². The molecule has 0 radical (unpaired) electrons. The van der Waals surface area contributed by atoms with Crippen LogP contribution in [-0.2, 0) is 49.2 Å². The molecule has 3 saturated heterocycles. The number of ketones is 1. The number of pyridine rings is 1. The fourth-order valence-electron chi connectivity index (χ4n) is 9.57. The first-order chi connectivity index (χ1) is 30.9. The highest BCUT2D eigenvalue weighted by Crippen LogP contribution is 2.39. The van der Waals surface area contributed by atoms with Crippen molar-refractivity contribution in [2.24, 2.45) is 17.8 Å². The number of nitrogens with zero attached hydrogens (tertiary/aromatic N) is 2. The lowest BCUT2D eigenvalue weighted by Gasteiger charge is -2.47. The van der Waals surface area contributed by atoms with Gasteiger partial charge in [0.25, 0.3) is 0 Å². The van der Waals surface area contributed by atoms with Crippen LogP contribution in [0.3, 0.4) is 0 Å². The number of methoxy groups -OCH3 is 1. The van der Waals surface area contributed by atoms with Gasteiger partial charge in [-0.2, -0.15) is 0 Å². The van der Waals surface area contributed by atoms with E-state index in [1.807, 2.05) is 64.0 Å². The molecule has 5 rings (SSSR count). The van der Waals surface area contributed by atoms with Crippen molar-refractivity contribution in [3.8, 4) is 0 Å². The number of esters is 1. The van der Waals surface area contributed by atoms with Gasteiger partial charge in [-0.15, -0.1) is 0 Å². The van der Waals surface area contributed by atoms with Crippen molar-refractivity contribution in [1.29, 1.82) is 0 Å². The van der Waals surface area contributed by atoms with E-state index in [4.69, 9.17) is 28.4 Å². The summed E-state index contributed by atoms with van der Waals surface area (Å²) in [5.74, 6) is -4.97. The Labute approximate surface area is 390 Å². The zero-order valence-corrected chi connectivity index (χ0v) is 41.3. The minimum Gasteiger partial charge on any atom is -0.459 e. The molecule has 6 N–H and O–H groups in total. The van der Waals surface area contributed by atoms with E-state index in [-0.39, 0.29) is 56.7 Å². The zero-order valence-electron chi connectivity index (χ0n) is 41.3. The fourth-order valence-corrected chi connectivity index (χ4v) is 9.57. The Hall–Kier alpha value is -3.20. The molecule has 3 fully saturated rings. The lowest BCUT2D eigenvalue weighted by atomic mass is 9.76. The van der Waals surface area contributed by atoms with Gasteiger partial charge < -0.3 is 64.2 Å². The number of ether oxygens (including phenoxy) is 6. The molecule has 4 heterocycles. The summed E-state index contributed by atoms with van der Waals surface area (Å²) in [5, 5.41) is 63.4. The van der Waals surface area contributed by atoms with E-state index < -0.39 is 102 Å². The number of Topliss-reactive ketones (excluding diaryl/α,β-unsaturated/α-hetero) is 1. The number of amides is 1. The third kappa shape index (κ3) is 13.1. The lowest BCUT2D eigenvalue weighted by molar-refractivity contribution is -0.308. The van der Waals surface area contributed by atoms with Crippen molar-refractivity contribution in [2.45, 2.75) is 192 Å². The van der Waals surface area contributed by atoms with Crippen LogP contribution in [0.2, 0.25) is 0 Å². The molecule has 66 heavy (non-hydrogen) atoms. The van der Waals surface area contributed by atoms with Gasteiger partial charge in [0, 0.05) is 68.6 Å². The van der Waals surface area contributed by atoms with E-state index in [2.05, 4.69) is 10.3 Å². The standard InChI is InChI=1S/C47H73N3O14.C2H6/c1-25-21-45(6,57)36(64-44-40(53)33(50(9)10)18-26(2)60-44)20-34(62-38-22-46(7,59-11)42(55)29(5)61-38)27(3)43(56)63-35(47(8,58)41(54)28(4)39(25)52)16-17-49-37(51)19-31-24-48-23-30-14-12-13-15-32(30)31;1-2/h12-15,23-29,33-36,38,40-42,44,53-55,57-58H,16-22H2,1-11H3,(H,49,51);1-2H3/t25-,26?,27-,28+,29?,33?,34+,35-,36-,38?,40?,41-,42?,44?,45-,46?,47-;/m1./s1. The van der Waals surface area contributed by atoms with Crippen molar-refractivity contribution in [2.75, 3.05) is 27.7 Å². The number of rotatable bonds is 11. The molecular formula is C49H79N3O14. The van der Waals surface area contributed by atoms with Gasteiger partial charge in [0.2, 0.25) is 5.91 Å². The van der Waals surface area contributed by atoms with Crippen LogP contribution in [0.15, 0.2) is 36.7 Å². The second-order valence-electron chi connectivity index (χ2n) is 19.4. The summed E-state index contributed by atoms with van der Waals surface area (Å²) in [5.41, 5.74) is -4.45. The van der Waals surface area contributed by atoms with Crippen LogP contribution < -0.4 is 5.32 Å². The third-order valence-corrected chi connectivity index (χ3v) is 13.9. The van der Waals surface area contributed by atoms with E-state index >= 15 is 0 Å². The first kappa shape index (κ1) is 55.4. The molecule has 1 aromatic carbocycles. The molecule has 1 aromatic heterocycles. The number of hydrogen-bond donors (Lipinski definition) is 6. The van der Waals surface area contributed by atoms with Gasteiger partial charge in [-0.05, 0) is 79.4 Å². The molecule has 0 bridgehead atoms. The average Bonchev–Trinajstić information content (AvgIpc) is 3.27. The summed E-state index contributed by atoms with van der Waals surface area (Å²) in [7, 11) is 5.13. The third-order valence-electron chi connectivity index (χ3n) is 13.9. The maximum absolute atomic E-state index is 14.5. The Balaban J connectivity index is 0.00000469. The number of aromatic nitrogens is 1. The second kappa shape index (κ2) is 23.4. The molecule has 3 aliphatic rings. The minimum atomic E-state index is -2.21. The number of carbonyl (C=O) groups is 3. The summed E-state index contributed by atoms with van der Waals surface area (Å²) in [6.07, 6.45) is -7.82. The highest BCUT2D eigenvalue weighted by Gasteiger charge is 2.52. The van der Waals surface area contributed by atoms with E-state index in [9.17, 15) is 39.9 Å².